The molecule has 0 amide bonds. The summed E-state index contributed by atoms with van der Waals surface area (Å²) in [5.41, 5.74) is 0. The van der Waals surface area contributed by atoms with Crippen LogP contribution in [0.2, 0.25) is 17.7 Å². The summed E-state index contributed by atoms with van der Waals surface area (Å²) in [6.07, 6.45) is 22.7. The number of carbonyl (C=O) groups is 2. The Morgan fingerprint density at radius 3 is 0.944 bits per heavy atom. The molecule has 0 heterocycles. The molecular formula is C30H62O4Sn2. The Hall–Kier alpha value is 0.537. The Balaban J connectivity index is 4.28. The molecule has 0 saturated heterocycles. The van der Waals surface area contributed by atoms with Crippen LogP contribution in [0.3, 0.4) is 0 Å². The van der Waals surface area contributed by atoms with Gasteiger partial charge in [0.15, 0.2) is 0 Å². The van der Waals surface area contributed by atoms with Gasteiger partial charge in [0.25, 0.3) is 0 Å². The molecule has 0 aromatic carbocycles. The van der Waals surface area contributed by atoms with Crippen molar-refractivity contribution < 1.29 is 15.7 Å². The van der Waals surface area contributed by atoms with Gasteiger partial charge in [0.05, 0.1) is 0 Å². The van der Waals surface area contributed by atoms with Crippen molar-refractivity contribution in [1.29, 1.82) is 0 Å². The second-order valence-electron chi connectivity index (χ2n) is 10.8. The van der Waals surface area contributed by atoms with Crippen LogP contribution in [-0.4, -0.2) is 52.3 Å². The molecule has 0 aliphatic carbocycles. The Morgan fingerprint density at radius 1 is 0.417 bits per heavy atom. The monoisotopic (exact) mass is 726 g/mol. The zero-order valence-electron chi connectivity index (χ0n) is 24.8. The maximum atomic E-state index is 12.5. The molecule has 0 aliphatic heterocycles. The number of rotatable bonds is 27. The zero-order chi connectivity index (χ0) is 26.7. The van der Waals surface area contributed by atoms with Gasteiger partial charge in [-0.25, -0.2) is 0 Å². The van der Waals surface area contributed by atoms with Gasteiger partial charge in [-0.2, -0.15) is 0 Å². The SMILES string of the molecule is CCCCC[CH2][SnH]([CH2]CCCCC)[O]C(=O)CCCCC(=O)[O][SnH]([CH2]CCCCC)[CH2]CCCCC. The third-order valence-corrected chi connectivity index (χ3v) is 22.5. The zero-order valence-corrected chi connectivity index (χ0v) is 31.3. The van der Waals surface area contributed by atoms with Crippen LogP contribution in [0.1, 0.15) is 156 Å². The van der Waals surface area contributed by atoms with Crippen LogP contribution in [0.5, 0.6) is 0 Å². The fraction of sp³-hybridized carbons (Fsp3) is 0.933. The van der Waals surface area contributed by atoms with E-state index in [1.54, 1.807) is 0 Å². The second-order valence-corrected chi connectivity index (χ2v) is 25.9. The summed E-state index contributed by atoms with van der Waals surface area (Å²) >= 11 is -4.41. The third-order valence-electron chi connectivity index (χ3n) is 7.13. The predicted octanol–water partition coefficient (Wildman–Crippen LogP) is 9.40. The van der Waals surface area contributed by atoms with Crippen LogP contribution in [0, 0.1) is 0 Å². The van der Waals surface area contributed by atoms with Gasteiger partial charge in [0.2, 0.25) is 0 Å². The summed E-state index contributed by atoms with van der Waals surface area (Å²) in [7, 11) is 0. The number of hydrogen-bond donors (Lipinski definition) is 0. The first kappa shape index (κ1) is 36.5. The van der Waals surface area contributed by atoms with E-state index in [0.29, 0.717) is 12.8 Å². The van der Waals surface area contributed by atoms with E-state index < -0.39 is 40.3 Å². The normalized spacial score (nSPS) is 11.4. The number of unbranched alkanes of at least 4 members (excludes halogenated alkanes) is 13. The molecule has 0 aromatic rings. The molecule has 36 heavy (non-hydrogen) atoms. The molecule has 0 rings (SSSR count). The van der Waals surface area contributed by atoms with Gasteiger partial charge in [-0.1, -0.05) is 0 Å². The van der Waals surface area contributed by atoms with E-state index in [1.165, 1.54) is 120 Å². The summed E-state index contributed by atoms with van der Waals surface area (Å²) in [5.74, 6) is 0.0260. The van der Waals surface area contributed by atoms with E-state index in [2.05, 4.69) is 27.7 Å². The molecule has 0 N–H and O–H groups in total. The van der Waals surface area contributed by atoms with Crippen LogP contribution in [0.25, 0.3) is 0 Å². The van der Waals surface area contributed by atoms with Gasteiger partial charge in [0, 0.05) is 0 Å². The Kier molecular flexibility index (Phi) is 29.0. The molecular weight excluding hydrogens is 662 g/mol. The first-order chi connectivity index (χ1) is 17.6. The molecule has 0 bridgehead atoms. The van der Waals surface area contributed by atoms with Gasteiger partial charge in [-0.3, -0.25) is 0 Å². The van der Waals surface area contributed by atoms with E-state index >= 15 is 0 Å². The van der Waals surface area contributed by atoms with Crippen molar-refractivity contribution in [2.45, 2.75) is 174 Å². The van der Waals surface area contributed by atoms with E-state index in [0.717, 1.165) is 12.8 Å². The average molecular weight is 724 g/mol. The number of hydrogen-bond acceptors (Lipinski definition) is 4. The first-order valence-electron chi connectivity index (χ1n) is 16.0. The van der Waals surface area contributed by atoms with Gasteiger partial charge >= 0.3 is 242 Å². The van der Waals surface area contributed by atoms with Crippen molar-refractivity contribution in [3.8, 4) is 0 Å². The topological polar surface area (TPSA) is 52.6 Å². The van der Waals surface area contributed by atoms with Gasteiger partial charge in [-0.15, -0.1) is 0 Å². The molecule has 214 valence electrons. The summed E-state index contributed by atoms with van der Waals surface area (Å²) < 4.78 is 17.0. The Labute approximate surface area is 240 Å². The van der Waals surface area contributed by atoms with Crippen LogP contribution in [0.4, 0.5) is 0 Å². The molecule has 0 radical (unpaired) electrons. The molecule has 0 aliphatic rings. The van der Waals surface area contributed by atoms with E-state index in [4.69, 9.17) is 6.15 Å². The minimum absolute atomic E-state index is 0.0130. The summed E-state index contributed by atoms with van der Waals surface area (Å²) in [5, 5.41) is 0. The van der Waals surface area contributed by atoms with E-state index in [1.807, 2.05) is 0 Å². The second kappa shape index (κ2) is 28.5. The molecule has 6 heteroatoms. The fourth-order valence-corrected chi connectivity index (χ4v) is 19.0. The van der Waals surface area contributed by atoms with Crippen molar-refractivity contribution in [1.82, 2.24) is 0 Å². The van der Waals surface area contributed by atoms with Crippen molar-refractivity contribution in [3.63, 3.8) is 0 Å². The molecule has 0 fully saturated rings. The van der Waals surface area contributed by atoms with Crippen molar-refractivity contribution >= 4 is 52.3 Å². The van der Waals surface area contributed by atoms with Crippen molar-refractivity contribution in [2.24, 2.45) is 0 Å². The Bertz CT molecular complexity index is 433. The Morgan fingerprint density at radius 2 is 0.694 bits per heavy atom. The third kappa shape index (κ3) is 24.9. The van der Waals surface area contributed by atoms with Gasteiger partial charge < -0.3 is 0 Å². The van der Waals surface area contributed by atoms with Crippen molar-refractivity contribution in [3.05, 3.63) is 0 Å². The molecule has 0 spiro atoms. The molecule has 0 unspecified atom stereocenters. The van der Waals surface area contributed by atoms with Gasteiger partial charge in [-0.05, 0) is 0 Å². The number of carbonyl (C=O) groups excluding carboxylic acids is 2. The first-order valence-corrected chi connectivity index (χ1v) is 28.0. The summed E-state index contributed by atoms with van der Waals surface area (Å²) in [4.78, 5) is 25.0. The maximum absolute atomic E-state index is 12.5. The molecule has 0 aromatic heterocycles. The van der Waals surface area contributed by atoms with E-state index in [-0.39, 0.29) is 11.9 Å². The van der Waals surface area contributed by atoms with Crippen LogP contribution in [-0.2, 0) is 15.7 Å². The van der Waals surface area contributed by atoms with E-state index in [9.17, 15) is 9.59 Å². The predicted molar refractivity (Wildman–Crippen MR) is 161 cm³/mol. The van der Waals surface area contributed by atoms with Crippen LogP contribution in [0.15, 0.2) is 0 Å². The minimum atomic E-state index is -2.21. The van der Waals surface area contributed by atoms with Crippen molar-refractivity contribution in [2.75, 3.05) is 0 Å². The average Bonchev–Trinajstić information content (AvgIpc) is 2.87. The standard InChI is InChI=1S/C6H10O4.4C6H13.2Sn.2H/c7-5(8)3-1-2-4-6(9)10;4*1-3-5-6-4-2;;;;/h1-4H2,(H,7,8)(H,9,10);4*1,3-6H2,2H3;;;;/q;;;;;2*+1;;/p-2. The van der Waals surface area contributed by atoms with Gasteiger partial charge in [0.1, 0.15) is 0 Å². The summed E-state index contributed by atoms with van der Waals surface area (Å²) in [6, 6.07) is 0. The van der Waals surface area contributed by atoms with Crippen LogP contribution < -0.4 is 0 Å². The summed E-state index contributed by atoms with van der Waals surface area (Å²) in [6.45, 7) is 8.97. The molecule has 0 atom stereocenters. The fourth-order valence-electron chi connectivity index (χ4n) is 4.75. The quantitative estimate of drug-likeness (QED) is 0.0626. The molecule has 4 nitrogen and oxygen atoms in total. The van der Waals surface area contributed by atoms with Crippen LogP contribution >= 0.6 is 0 Å². The molecule has 0 saturated carbocycles.